The van der Waals surface area contributed by atoms with E-state index in [1.54, 1.807) is 4.90 Å². The van der Waals surface area contributed by atoms with Gasteiger partial charge >= 0.3 is 5.97 Å². The zero-order chi connectivity index (χ0) is 18.5. The topological polar surface area (TPSA) is 55.8 Å². The van der Waals surface area contributed by atoms with E-state index >= 15 is 0 Å². The molecule has 1 aromatic carbocycles. The highest BCUT2D eigenvalue weighted by Crippen LogP contribution is 2.12. The normalized spacial score (nSPS) is 10.5. The molecule has 5 nitrogen and oxygen atoms in total. The maximum absolute atomic E-state index is 12.5. The van der Waals surface area contributed by atoms with E-state index in [4.69, 9.17) is 16.3 Å². The van der Waals surface area contributed by atoms with Crippen LogP contribution in [-0.2, 0) is 25.5 Å². The van der Waals surface area contributed by atoms with Gasteiger partial charge in [0.15, 0.2) is 0 Å². The molecule has 0 N–H and O–H groups in total. The Bertz CT molecular complexity index is 519. The van der Waals surface area contributed by atoms with Crippen LogP contribution in [-0.4, -0.2) is 50.2 Å². The van der Waals surface area contributed by atoms with Gasteiger partial charge in [0, 0.05) is 37.7 Å². The third-order valence-electron chi connectivity index (χ3n) is 3.86. The number of methoxy groups -OCH3 is 1. The molecule has 0 aliphatic heterocycles. The lowest BCUT2D eigenvalue weighted by molar-refractivity contribution is -0.141. The Morgan fingerprint density at radius 1 is 1.08 bits per heavy atom. The van der Waals surface area contributed by atoms with Gasteiger partial charge in [0.1, 0.15) is 0 Å². The molecular weight excluding hydrogens is 342 g/mol. The molecule has 1 aromatic rings. The molecule has 0 atom stereocenters. The summed E-state index contributed by atoms with van der Waals surface area (Å²) in [6.45, 7) is 4.20. The number of aryl methyl sites for hydroxylation is 1. The lowest BCUT2D eigenvalue weighted by atomic mass is 10.1. The van der Waals surface area contributed by atoms with E-state index in [0.717, 1.165) is 24.8 Å². The molecule has 0 saturated carbocycles. The van der Waals surface area contributed by atoms with Gasteiger partial charge < -0.3 is 14.4 Å². The van der Waals surface area contributed by atoms with E-state index in [-0.39, 0.29) is 18.3 Å². The van der Waals surface area contributed by atoms with E-state index in [1.165, 1.54) is 7.11 Å². The van der Waals surface area contributed by atoms with Crippen molar-refractivity contribution in [2.75, 3.05) is 33.4 Å². The van der Waals surface area contributed by atoms with Gasteiger partial charge in [0.2, 0.25) is 5.91 Å². The Morgan fingerprint density at radius 3 is 2.44 bits per heavy atom. The van der Waals surface area contributed by atoms with Crippen LogP contribution < -0.4 is 0 Å². The number of nitrogens with zero attached hydrogens (tertiary/aromatic N) is 1. The molecule has 0 radical (unpaired) electrons. The summed E-state index contributed by atoms with van der Waals surface area (Å²) >= 11 is 5.87. The fourth-order valence-electron chi connectivity index (χ4n) is 2.44. The number of halogens is 1. The van der Waals surface area contributed by atoms with Crippen LogP contribution in [0.3, 0.4) is 0 Å². The summed E-state index contributed by atoms with van der Waals surface area (Å²) in [6.07, 6.45) is 3.03. The Balaban J connectivity index is 2.42. The van der Waals surface area contributed by atoms with Crippen LogP contribution in [0.25, 0.3) is 0 Å². The predicted octanol–water partition coefficient (Wildman–Crippen LogP) is 3.48. The number of hydrogen-bond donors (Lipinski definition) is 0. The molecule has 1 amide bonds. The van der Waals surface area contributed by atoms with Gasteiger partial charge in [0.25, 0.3) is 0 Å². The standard InChI is InChI=1S/C19H28ClNO4/c1-3-25-15-5-13-21(14-12-19(23)24-2)18(22)7-4-6-16-8-10-17(20)11-9-16/h8-11H,3-7,12-15H2,1-2H3. The van der Waals surface area contributed by atoms with Crippen molar-refractivity contribution < 1.29 is 19.1 Å². The van der Waals surface area contributed by atoms with E-state index in [1.807, 2.05) is 31.2 Å². The molecular formula is C19H28ClNO4. The minimum Gasteiger partial charge on any atom is -0.469 e. The van der Waals surface area contributed by atoms with E-state index in [0.29, 0.717) is 37.7 Å². The van der Waals surface area contributed by atoms with Crippen molar-refractivity contribution in [1.29, 1.82) is 0 Å². The molecule has 0 spiro atoms. The zero-order valence-corrected chi connectivity index (χ0v) is 15.9. The number of rotatable bonds is 12. The summed E-state index contributed by atoms with van der Waals surface area (Å²) in [4.78, 5) is 25.5. The third-order valence-corrected chi connectivity index (χ3v) is 4.11. The second kappa shape index (κ2) is 12.7. The molecule has 0 bridgehead atoms. The first kappa shape index (κ1) is 21.5. The Kier molecular flexibility index (Phi) is 10.9. The van der Waals surface area contributed by atoms with Crippen molar-refractivity contribution in [2.24, 2.45) is 0 Å². The summed E-state index contributed by atoms with van der Waals surface area (Å²) in [5, 5.41) is 0.711. The fraction of sp³-hybridized carbons (Fsp3) is 0.579. The van der Waals surface area contributed by atoms with E-state index < -0.39 is 0 Å². The van der Waals surface area contributed by atoms with Crippen LogP contribution in [0.15, 0.2) is 24.3 Å². The van der Waals surface area contributed by atoms with Crippen molar-refractivity contribution in [3.63, 3.8) is 0 Å². The highest BCUT2D eigenvalue weighted by Gasteiger charge is 2.15. The molecule has 0 aliphatic carbocycles. The van der Waals surface area contributed by atoms with Gasteiger partial charge in [-0.3, -0.25) is 9.59 Å². The van der Waals surface area contributed by atoms with E-state index in [9.17, 15) is 9.59 Å². The largest absolute Gasteiger partial charge is 0.469 e. The summed E-state index contributed by atoms with van der Waals surface area (Å²) < 4.78 is 9.98. The van der Waals surface area contributed by atoms with Gasteiger partial charge in [-0.1, -0.05) is 23.7 Å². The minimum absolute atomic E-state index is 0.0642. The van der Waals surface area contributed by atoms with Crippen LogP contribution in [0.4, 0.5) is 0 Å². The molecule has 0 fully saturated rings. The summed E-state index contributed by atoms with van der Waals surface area (Å²) in [7, 11) is 1.36. The molecule has 0 heterocycles. The minimum atomic E-state index is -0.302. The molecule has 1 rings (SSSR count). The second-order valence-electron chi connectivity index (χ2n) is 5.74. The highest BCUT2D eigenvalue weighted by molar-refractivity contribution is 6.30. The first-order valence-electron chi connectivity index (χ1n) is 8.73. The monoisotopic (exact) mass is 369 g/mol. The molecule has 0 unspecified atom stereocenters. The number of ether oxygens (including phenoxy) is 2. The average molecular weight is 370 g/mol. The number of amides is 1. The molecule has 6 heteroatoms. The highest BCUT2D eigenvalue weighted by atomic mass is 35.5. The maximum atomic E-state index is 12.5. The van der Waals surface area contributed by atoms with Gasteiger partial charge in [-0.15, -0.1) is 0 Å². The Morgan fingerprint density at radius 2 is 1.80 bits per heavy atom. The predicted molar refractivity (Wildman–Crippen MR) is 98.7 cm³/mol. The van der Waals surface area contributed by atoms with Crippen LogP contribution >= 0.6 is 11.6 Å². The van der Waals surface area contributed by atoms with Crippen molar-refractivity contribution in [3.05, 3.63) is 34.9 Å². The third kappa shape index (κ3) is 9.46. The van der Waals surface area contributed by atoms with Gasteiger partial charge in [-0.05, 0) is 43.9 Å². The smallest absolute Gasteiger partial charge is 0.307 e. The number of carbonyl (C=O) groups is 2. The molecule has 25 heavy (non-hydrogen) atoms. The molecule has 0 aromatic heterocycles. The fourth-order valence-corrected chi connectivity index (χ4v) is 2.57. The SMILES string of the molecule is CCOCCCN(CCC(=O)OC)C(=O)CCCc1ccc(Cl)cc1. The number of hydrogen-bond acceptors (Lipinski definition) is 4. The van der Waals surface area contributed by atoms with E-state index in [2.05, 4.69) is 4.74 Å². The zero-order valence-electron chi connectivity index (χ0n) is 15.1. The second-order valence-corrected chi connectivity index (χ2v) is 6.17. The van der Waals surface area contributed by atoms with Crippen LogP contribution in [0.1, 0.15) is 38.2 Å². The lowest BCUT2D eigenvalue weighted by Gasteiger charge is -2.22. The van der Waals surface area contributed by atoms with Crippen molar-refractivity contribution in [2.45, 2.75) is 39.0 Å². The van der Waals surface area contributed by atoms with Gasteiger partial charge in [0.05, 0.1) is 13.5 Å². The lowest BCUT2D eigenvalue weighted by Crippen LogP contribution is -2.34. The van der Waals surface area contributed by atoms with Gasteiger partial charge in [-0.2, -0.15) is 0 Å². The summed E-state index contributed by atoms with van der Waals surface area (Å²) in [6, 6.07) is 7.66. The van der Waals surface area contributed by atoms with Gasteiger partial charge in [-0.25, -0.2) is 0 Å². The number of carbonyl (C=O) groups excluding carboxylic acids is 2. The number of benzene rings is 1. The number of esters is 1. The Labute approximate surface area is 155 Å². The molecule has 140 valence electrons. The quantitative estimate of drug-likeness (QED) is 0.418. The first-order chi connectivity index (χ1) is 12.1. The van der Waals surface area contributed by atoms with Crippen LogP contribution in [0.2, 0.25) is 5.02 Å². The van der Waals surface area contributed by atoms with Crippen molar-refractivity contribution >= 4 is 23.5 Å². The molecule has 0 aliphatic rings. The maximum Gasteiger partial charge on any atom is 0.307 e. The summed E-state index contributed by atoms with van der Waals surface area (Å²) in [5.74, 6) is -0.238. The Hall–Kier alpha value is -1.59. The molecule has 0 saturated heterocycles. The van der Waals surface area contributed by atoms with Crippen LogP contribution in [0, 0.1) is 0 Å². The average Bonchev–Trinajstić information content (AvgIpc) is 2.62. The van der Waals surface area contributed by atoms with Crippen molar-refractivity contribution in [1.82, 2.24) is 4.90 Å². The first-order valence-corrected chi connectivity index (χ1v) is 9.11. The van der Waals surface area contributed by atoms with Crippen LogP contribution in [0.5, 0.6) is 0 Å². The van der Waals surface area contributed by atoms with Crippen molar-refractivity contribution in [3.8, 4) is 0 Å². The summed E-state index contributed by atoms with van der Waals surface area (Å²) in [5.41, 5.74) is 1.16.